The molecule has 1 aromatic carbocycles. The molecule has 0 aromatic heterocycles. The zero-order valence-electron chi connectivity index (χ0n) is 10.8. The summed E-state index contributed by atoms with van der Waals surface area (Å²) in [6.07, 6.45) is -4.34. The number of halogens is 5. The molecule has 1 aromatic rings. The largest absolute Gasteiger partial charge is 0.403 e. The van der Waals surface area contributed by atoms with Crippen molar-refractivity contribution in [2.24, 2.45) is 0 Å². The van der Waals surface area contributed by atoms with Gasteiger partial charge in [0.15, 0.2) is 0 Å². The lowest BCUT2D eigenvalue weighted by Gasteiger charge is -2.31. The standard InChI is InChI=1S/C13H13F5N2O/c14-8-3-7(4-9(15)5-8)12(21)20-10-1-2-11(19-6-10)13(16,17)18/h3-5,10-11,19H,1-2,6H2,(H,20,21). The Labute approximate surface area is 117 Å². The van der Waals surface area contributed by atoms with E-state index in [1.165, 1.54) is 0 Å². The average Bonchev–Trinajstić information content (AvgIpc) is 2.37. The highest BCUT2D eigenvalue weighted by molar-refractivity contribution is 5.94. The first-order valence-electron chi connectivity index (χ1n) is 6.33. The van der Waals surface area contributed by atoms with Crippen LogP contribution in [0.25, 0.3) is 0 Å². The summed E-state index contributed by atoms with van der Waals surface area (Å²) in [5.74, 6) is -2.50. The molecule has 0 aliphatic carbocycles. The van der Waals surface area contributed by atoms with E-state index >= 15 is 0 Å². The summed E-state index contributed by atoms with van der Waals surface area (Å²) in [6.45, 7) is -0.0479. The number of carbonyl (C=O) groups excluding carboxylic acids is 1. The molecule has 8 heteroatoms. The molecule has 1 fully saturated rings. The molecule has 0 radical (unpaired) electrons. The molecule has 116 valence electrons. The summed E-state index contributed by atoms with van der Waals surface area (Å²) >= 11 is 0. The molecule has 0 spiro atoms. The van der Waals surface area contributed by atoms with Crippen LogP contribution in [0.15, 0.2) is 18.2 Å². The van der Waals surface area contributed by atoms with Crippen LogP contribution in [0.5, 0.6) is 0 Å². The highest BCUT2D eigenvalue weighted by Gasteiger charge is 2.41. The van der Waals surface area contributed by atoms with Crippen LogP contribution in [0.3, 0.4) is 0 Å². The van der Waals surface area contributed by atoms with Gasteiger partial charge in [-0.3, -0.25) is 4.79 Å². The first-order valence-corrected chi connectivity index (χ1v) is 6.33. The van der Waals surface area contributed by atoms with Crippen molar-refractivity contribution >= 4 is 5.91 Å². The Morgan fingerprint density at radius 3 is 2.24 bits per heavy atom. The number of carbonyl (C=O) groups is 1. The molecule has 1 heterocycles. The van der Waals surface area contributed by atoms with Crippen molar-refractivity contribution in [3.05, 3.63) is 35.4 Å². The lowest BCUT2D eigenvalue weighted by atomic mass is 10.00. The maximum atomic E-state index is 13.0. The summed E-state index contributed by atoms with van der Waals surface area (Å²) < 4.78 is 63.3. The van der Waals surface area contributed by atoms with Gasteiger partial charge < -0.3 is 10.6 Å². The van der Waals surface area contributed by atoms with E-state index in [0.717, 1.165) is 12.1 Å². The Morgan fingerprint density at radius 1 is 1.14 bits per heavy atom. The van der Waals surface area contributed by atoms with Crippen LogP contribution in [0.4, 0.5) is 22.0 Å². The summed E-state index contributed by atoms with van der Waals surface area (Å²) in [7, 11) is 0. The van der Waals surface area contributed by atoms with E-state index in [-0.39, 0.29) is 24.9 Å². The van der Waals surface area contributed by atoms with E-state index in [1.807, 2.05) is 0 Å². The molecule has 0 bridgehead atoms. The Kier molecular flexibility index (Phi) is 4.46. The van der Waals surface area contributed by atoms with Gasteiger partial charge in [0.2, 0.25) is 0 Å². The van der Waals surface area contributed by atoms with Gasteiger partial charge in [-0.25, -0.2) is 8.78 Å². The van der Waals surface area contributed by atoms with Crippen molar-refractivity contribution in [1.82, 2.24) is 10.6 Å². The number of piperidine rings is 1. The average molecular weight is 308 g/mol. The van der Waals surface area contributed by atoms with Crippen molar-refractivity contribution in [3.8, 4) is 0 Å². The number of nitrogens with one attached hydrogen (secondary N) is 2. The van der Waals surface area contributed by atoms with Gasteiger partial charge in [-0.15, -0.1) is 0 Å². The van der Waals surface area contributed by atoms with E-state index in [4.69, 9.17) is 0 Å². The molecule has 1 aliphatic rings. The van der Waals surface area contributed by atoms with Crippen LogP contribution in [0.2, 0.25) is 0 Å². The van der Waals surface area contributed by atoms with Gasteiger partial charge in [0.1, 0.15) is 17.7 Å². The number of hydrogen-bond acceptors (Lipinski definition) is 2. The van der Waals surface area contributed by atoms with Crippen molar-refractivity contribution < 1.29 is 26.7 Å². The second-order valence-electron chi connectivity index (χ2n) is 4.91. The maximum Gasteiger partial charge on any atom is 0.403 e. The van der Waals surface area contributed by atoms with Crippen molar-refractivity contribution in [1.29, 1.82) is 0 Å². The monoisotopic (exact) mass is 308 g/mol. The van der Waals surface area contributed by atoms with Gasteiger partial charge in [0.25, 0.3) is 5.91 Å². The van der Waals surface area contributed by atoms with Gasteiger partial charge in [-0.2, -0.15) is 13.2 Å². The molecule has 1 aliphatic heterocycles. The Bertz CT molecular complexity index is 504. The molecule has 2 unspecified atom stereocenters. The second-order valence-corrected chi connectivity index (χ2v) is 4.91. The number of hydrogen-bond donors (Lipinski definition) is 2. The highest BCUT2D eigenvalue weighted by Crippen LogP contribution is 2.26. The third kappa shape index (κ3) is 4.13. The zero-order valence-corrected chi connectivity index (χ0v) is 10.8. The van der Waals surface area contributed by atoms with Crippen molar-refractivity contribution in [3.63, 3.8) is 0 Å². The summed E-state index contributed by atoms with van der Waals surface area (Å²) in [4.78, 5) is 11.8. The van der Waals surface area contributed by atoms with E-state index < -0.39 is 35.8 Å². The van der Waals surface area contributed by atoms with Crippen molar-refractivity contribution in [2.75, 3.05) is 6.54 Å². The molecule has 3 nitrogen and oxygen atoms in total. The number of rotatable bonds is 2. The third-order valence-corrected chi connectivity index (χ3v) is 3.27. The predicted octanol–water partition coefficient (Wildman–Crippen LogP) is 2.38. The molecule has 2 rings (SSSR count). The normalized spacial score (nSPS) is 22.9. The van der Waals surface area contributed by atoms with E-state index in [0.29, 0.717) is 6.07 Å². The van der Waals surface area contributed by atoms with Gasteiger partial charge in [0.05, 0.1) is 0 Å². The fourth-order valence-electron chi connectivity index (χ4n) is 2.21. The molecule has 2 N–H and O–H groups in total. The van der Waals surface area contributed by atoms with Gasteiger partial charge in [0, 0.05) is 24.2 Å². The molecule has 2 atom stereocenters. The van der Waals surface area contributed by atoms with Gasteiger partial charge in [-0.1, -0.05) is 0 Å². The van der Waals surface area contributed by atoms with E-state index in [9.17, 15) is 26.7 Å². The Hall–Kier alpha value is -1.70. The van der Waals surface area contributed by atoms with Crippen LogP contribution in [0.1, 0.15) is 23.2 Å². The SMILES string of the molecule is O=C(NC1CCC(C(F)(F)F)NC1)c1cc(F)cc(F)c1. The fraction of sp³-hybridized carbons (Fsp3) is 0.462. The minimum atomic E-state index is -4.32. The van der Waals surface area contributed by atoms with E-state index in [1.54, 1.807) is 0 Å². The smallest absolute Gasteiger partial charge is 0.348 e. The highest BCUT2D eigenvalue weighted by atomic mass is 19.4. The lowest BCUT2D eigenvalue weighted by Crippen LogP contribution is -2.54. The molecular weight excluding hydrogens is 295 g/mol. The topological polar surface area (TPSA) is 41.1 Å². The van der Waals surface area contributed by atoms with E-state index in [2.05, 4.69) is 10.6 Å². The molecule has 0 saturated carbocycles. The zero-order chi connectivity index (χ0) is 15.6. The first kappa shape index (κ1) is 15.7. The Morgan fingerprint density at radius 2 is 1.76 bits per heavy atom. The molecule has 1 amide bonds. The molecule has 1 saturated heterocycles. The van der Waals surface area contributed by atoms with Crippen LogP contribution in [-0.2, 0) is 0 Å². The maximum absolute atomic E-state index is 13.0. The van der Waals surface area contributed by atoms with Crippen LogP contribution in [-0.4, -0.2) is 30.7 Å². The third-order valence-electron chi connectivity index (χ3n) is 3.27. The lowest BCUT2D eigenvalue weighted by molar-refractivity contribution is -0.160. The predicted molar refractivity (Wildman–Crippen MR) is 64.7 cm³/mol. The van der Waals surface area contributed by atoms with Gasteiger partial charge in [-0.05, 0) is 25.0 Å². The van der Waals surface area contributed by atoms with Crippen LogP contribution < -0.4 is 10.6 Å². The quantitative estimate of drug-likeness (QED) is 0.824. The van der Waals surface area contributed by atoms with Crippen LogP contribution in [0, 0.1) is 11.6 Å². The summed E-state index contributed by atoms with van der Waals surface area (Å²) in [5.41, 5.74) is -0.203. The minimum absolute atomic E-state index is 0.0479. The van der Waals surface area contributed by atoms with Crippen molar-refractivity contribution in [2.45, 2.75) is 31.1 Å². The van der Waals surface area contributed by atoms with Gasteiger partial charge >= 0.3 is 6.18 Å². The van der Waals surface area contributed by atoms with Crippen LogP contribution >= 0.6 is 0 Å². The molecular formula is C13H13F5N2O. The molecule has 21 heavy (non-hydrogen) atoms. The number of alkyl halides is 3. The summed E-state index contributed by atoms with van der Waals surface area (Å²) in [5, 5.41) is 4.76. The number of benzene rings is 1. The fourth-order valence-corrected chi connectivity index (χ4v) is 2.21. The summed E-state index contributed by atoms with van der Waals surface area (Å²) in [6, 6.07) is 0.271. The Balaban J connectivity index is 1.93. The second kappa shape index (κ2) is 5.97. The number of amides is 1. The minimum Gasteiger partial charge on any atom is -0.348 e. The first-order chi connectivity index (χ1) is 9.75.